The summed E-state index contributed by atoms with van der Waals surface area (Å²) in [7, 11) is 0. The Morgan fingerprint density at radius 1 is 1.19 bits per heavy atom. The first kappa shape index (κ1) is 18.2. The number of rotatable bonds is 8. The van der Waals surface area contributed by atoms with E-state index in [1.807, 2.05) is 20.8 Å². The Kier molecular flexibility index (Phi) is 7.46. The molecule has 0 fully saturated rings. The molecule has 0 aliphatic carbocycles. The molecule has 0 bridgehead atoms. The van der Waals surface area contributed by atoms with Gasteiger partial charge in [0, 0.05) is 12.1 Å². The van der Waals surface area contributed by atoms with E-state index in [-0.39, 0.29) is 11.3 Å². The van der Waals surface area contributed by atoms with Gasteiger partial charge in [-0.1, -0.05) is 6.92 Å². The lowest BCUT2D eigenvalue weighted by molar-refractivity contribution is 0.285. The number of hydrogen-bond acceptors (Lipinski definition) is 3. The molecule has 1 N–H and O–H groups in total. The average molecular weight is 317 g/mol. The smallest absolute Gasteiger partial charge is 0.190 e. The predicted molar refractivity (Wildman–Crippen MR) is 86.1 cm³/mol. The van der Waals surface area contributed by atoms with Gasteiger partial charge in [-0.3, -0.25) is 0 Å². The average Bonchev–Trinajstić information content (AvgIpc) is 2.38. The van der Waals surface area contributed by atoms with Crippen LogP contribution in [0.1, 0.15) is 39.7 Å². The number of halogens is 2. The molecular weight excluding hydrogens is 292 g/mol. The van der Waals surface area contributed by atoms with Crippen molar-refractivity contribution in [3.8, 4) is 5.75 Å². The molecule has 21 heavy (non-hydrogen) atoms. The molecule has 1 aromatic carbocycles. The maximum absolute atomic E-state index is 13.9. The number of benzene rings is 1. The van der Waals surface area contributed by atoms with Gasteiger partial charge in [0.1, 0.15) is 0 Å². The molecule has 0 amide bonds. The van der Waals surface area contributed by atoms with E-state index < -0.39 is 11.6 Å². The Morgan fingerprint density at radius 2 is 1.81 bits per heavy atom. The van der Waals surface area contributed by atoms with Gasteiger partial charge < -0.3 is 10.1 Å². The fraction of sp³-hybridized carbons (Fsp3) is 0.625. The van der Waals surface area contributed by atoms with Crippen LogP contribution in [0.5, 0.6) is 5.75 Å². The highest BCUT2D eigenvalue weighted by molar-refractivity contribution is 7.99. The quantitative estimate of drug-likeness (QED) is 0.719. The molecule has 2 nitrogen and oxygen atoms in total. The molecule has 120 valence electrons. The second-order valence-electron chi connectivity index (χ2n) is 5.89. The third-order valence-corrected chi connectivity index (χ3v) is 3.75. The summed E-state index contributed by atoms with van der Waals surface area (Å²) in [5.41, 5.74) is 0.479. The number of thioether (sulfide) groups is 1. The molecule has 5 heteroatoms. The van der Waals surface area contributed by atoms with Crippen molar-refractivity contribution in [3.05, 3.63) is 29.3 Å². The first-order valence-corrected chi connectivity index (χ1v) is 8.42. The molecule has 0 aromatic heterocycles. The van der Waals surface area contributed by atoms with Crippen LogP contribution in [0, 0.1) is 11.6 Å². The van der Waals surface area contributed by atoms with Crippen LogP contribution in [-0.4, -0.2) is 23.7 Å². The highest BCUT2D eigenvalue weighted by atomic mass is 32.2. The topological polar surface area (TPSA) is 21.3 Å². The van der Waals surface area contributed by atoms with Crippen molar-refractivity contribution in [2.45, 2.75) is 46.2 Å². The van der Waals surface area contributed by atoms with Crippen LogP contribution in [-0.2, 0) is 6.54 Å². The maximum atomic E-state index is 13.9. The Balaban J connectivity index is 2.58. The molecule has 0 heterocycles. The van der Waals surface area contributed by atoms with E-state index in [0.717, 1.165) is 17.9 Å². The summed E-state index contributed by atoms with van der Waals surface area (Å²) in [4.78, 5) is 0. The molecule has 0 aliphatic rings. The van der Waals surface area contributed by atoms with E-state index >= 15 is 0 Å². The van der Waals surface area contributed by atoms with Crippen molar-refractivity contribution in [2.75, 3.05) is 18.1 Å². The van der Waals surface area contributed by atoms with E-state index in [1.165, 1.54) is 12.1 Å². The van der Waals surface area contributed by atoms with Gasteiger partial charge in [0.15, 0.2) is 17.4 Å². The fourth-order valence-corrected chi connectivity index (χ4v) is 2.31. The Bertz CT molecular complexity index is 423. The van der Waals surface area contributed by atoms with Crippen molar-refractivity contribution < 1.29 is 13.5 Å². The van der Waals surface area contributed by atoms with Gasteiger partial charge in [-0.25, -0.2) is 8.78 Å². The highest BCUT2D eigenvalue weighted by Gasteiger charge is 2.14. The SMILES string of the molecule is CCSCCCOc1c(F)cc(CNC(C)(C)C)cc1F. The van der Waals surface area contributed by atoms with Crippen molar-refractivity contribution in [1.29, 1.82) is 0 Å². The fourth-order valence-electron chi connectivity index (χ4n) is 1.70. The zero-order valence-electron chi connectivity index (χ0n) is 13.3. The third kappa shape index (κ3) is 7.14. The van der Waals surface area contributed by atoms with Crippen LogP contribution >= 0.6 is 11.8 Å². The van der Waals surface area contributed by atoms with Crippen molar-refractivity contribution in [1.82, 2.24) is 5.32 Å². The van der Waals surface area contributed by atoms with Crippen LogP contribution in [0.3, 0.4) is 0 Å². The molecule has 0 unspecified atom stereocenters. The number of ether oxygens (including phenoxy) is 1. The molecule has 0 aliphatic heterocycles. The lowest BCUT2D eigenvalue weighted by Gasteiger charge is -2.20. The lowest BCUT2D eigenvalue weighted by atomic mass is 10.1. The van der Waals surface area contributed by atoms with E-state index in [1.54, 1.807) is 11.8 Å². The lowest BCUT2D eigenvalue weighted by Crippen LogP contribution is -2.35. The van der Waals surface area contributed by atoms with Gasteiger partial charge in [0.2, 0.25) is 0 Å². The van der Waals surface area contributed by atoms with Crippen molar-refractivity contribution in [2.24, 2.45) is 0 Å². The molecule has 0 atom stereocenters. The Morgan fingerprint density at radius 3 is 2.33 bits per heavy atom. The minimum Gasteiger partial charge on any atom is -0.488 e. The van der Waals surface area contributed by atoms with Gasteiger partial charge in [0.05, 0.1) is 6.61 Å². The summed E-state index contributed by atoms with van der Waals surface area (Å²) in [6, 6.07) is 2.66. The van der Waals surface area contributed by atoms with E-state index in [4.69, 9.17) is 4.74 Å². The summed E-state index contributed by atoms with van der Waals surface area (Å²) in [6.45, 7) is 8.85. The predicted octanol–water partition coefficient (Wildman–Crippen LogP) is 4.37. The Hall–Kier alpha value is -0.810. The highest BCUT2D eigenvalue weighted by Crippen LogP contribution is 2.24. The second-order valence-corrected chi connectivity index (χ2v) is 7.28. The summed E-state index contributed by atoms with van der Waals surface area (Å²) in [5.74, 6) is 0.439. The Labute approximate surface area is 130 Å². The zero-order chi connectivity index (χ0) is 15.9. The van der Waals surface area contributed by atoms with Crippen LogP contribution < -0.4 is 10.1 Å². The minimum absolute atomic E-state index is 0.0981. The van der Waals surface area contributed by atoms with Gasteiger partial charge in [-0.15, -0.1) is 0 Å². The first-order chi connectivity index (χ1) is 9.83. The summed E-state index contributed by atoms with van der Waals surface area (Å²) >= 11 is 1.79. The van der Waals surface area contributed by atoms with Crippen LogP contribution in [0.15, 0.2) is 12.1 Å². The molecule has 0 spiro atoms. The molecule has 1 rings (SSSR count). The van der Waals surface area contributed by atoms with Gasteiger partial charge in [-0.05, 0) is 56.4 Å². The van der Waals surface area contributed by atoms with Gasteiger partial charge in [-0.2, -0.15) is 11.8 Å². The van der Waals surface area contributed by atoms with E-state index in [2.05, 4.69) is 12.2 Å². The molecule has 1 aromatic rings. The summed E-state index contributed by atoms with van der Waals surface area (Å²) in [6.07, 6.45) is 0.782. The normalized spacial score (nSPS) is 11.7. The van der Waals surface area contributed by atoms with E-state index in [0.29, 0.717) is 18.7 Å². The molecule has 0 radical (unpaired) electrons. The second kappa shape index (κ2) is 8.59. The number of nitrogens with one attached hydrogen (secondary N) is 1. The monoisotopic (exact) mass is 317 g/mol. The molecular formula is C16H25F2NOS. The van der Waals surface area contributed by atoms with Crippen LogP contribution in [0.2, 0.25) is 0 Å². The molecule has 0 saturated heterocycles. The summed E-state index contributed by atoms with van der Waals surface area (Å²) < 4.78 is 33.0. The van der Waals surface area contributed by atoms with E-state index in [9.17, 15) is 8.78 Å². The standard InChI is InChI=1S/C16H25F2NOS/c1-5-21-8-6-7-20-15-13(17)9-12(10-14(15)18)11-19-16(2,3)4/h9-10,19H,5-8,11H2,1-4H3. The maximum Gasteiger partial charge on any atom is 0.190 e. The van der Waals surface area contributed by atoms with Gasteiger partial charge in [0.25, 0.3) is 0 Å². The summed E-state index contributed by atoms with van der Waals surface area (Å²) in [5, 5.41) is 3.20. The van der Waals surface area contributed by atoms with Crippen LogP contribution in [0.25, 0.3) is 0 Å². The zero-order valence-corrected chi connectivity index (χ0v) is 14.1. The van der Waals surface area contributed by atoms with Gasteiger partial charge >= 0.3 is 0 Å². The largest absolute Gasteiger partial charge is 0.488 e. The first-order valence-electron chi connectivity index (χ1n) is 7.27. The minimum atomic E-state index is -0.635. The third-order valence-electron chi connectivity index (χ3n) is 2.76. The van der Waals surface area contributed by atoms with Crippen molar-refractivity contribution >= 4 is 11.8 Å². The van der Waals surface area contributed by atoms with Crippen molar-refractivity contribution in [3.63, 3.8) is 0 Å². The van der Waals surface area contributed by atoms with Crippen LogP contribution in [0.4, 0.5) is 8.78 Å². The number of hydrogen-bond donors (Lipinski definition) is 1. The molecule has 0 saturated carbocycles.